The fourth-order valence-corrected chi connectivity index (χ4v) is 1.32. The molecule has 0 atom stereocenters. The lowest BCUT2D eigenvalue weighted by atomic mass is 10.2. The second-order valence-corrected chi connectivity index (χ2v) is 3.40. The summed E-state index contributed by atoms with van der Waals surface area (Å²) >= 11 is 0. The molecule has 1 aromatic carbocycles. The van der Waals surface area contributed by atoms with Crippen LogP contribution in [0.3, 0.4) is 0 Å². The highest BCUT2D eigenvalue weighted by atomic mass is 19.2. The second-order valence-electron chi connectivity index (χ2n) is 3.40. The van der Waals surface area contributed by atoms with E-state index in [2.05, 4.69) is 9.97 Å². The van der Waals surface area contributed by atoms with Crippen molar-refractivity contribution in [2.75, 3.05) is 0 Å². The van der Waals surface area contributed by atoms with Gasteiger partial charge < -0.3 is 0 Å². The van der Waals surface area contributed by atoms with Crippen molar-refractivity contribution in [3.05, 3.63) is 47.8 Å². The molecule has 0 aliphatic heterocycles. The Labute approximate surface area is 99.4 Å². The first-order valence-corrected chi connectivity index (χ1v) is 4.97. The molecule has 2 aromatic rings. The van der Waals surface area contributed by atoms with Crippen molar-refractivity contribution in [3.63, 3.8) is 0 Å². The molecular formula is C13H14F2N2. The molecule has 0 amide bonds. The predicted octanol–water partition coefficient (Wildman–Crippen LogP) is 3.62. The SMILES string of the molecule is C.CCc1cnc(-c2ccc(F)c(F)c2)nc1. The van der Waals surface area contributed by atoms with Crippen LogP contribution in [0.15, 0.2) is 30.6 Å². The molecule has 0 saturated carbocycles. The zero-order valence-electron chi connectivity index (χ0n) is 8.74. The van der Waals surface area contributed by atoms with Crippen molar-refractivity contribution in [2.24, 2.45) is 0 Å². The number of halogens is 2. The van der Waals surface area contributed by atoms with Crippen molar-refractivity contribution in [2.45, 2.75) is 20.8 Å². The first-order chi connectivity index (χ1) is 7.70. The van der Waals surface area contributed by atoms with Crippen LogP contribution >= 0.6 is 0 Å². The van der Waals surface area contributed by atoms with Gasteiger partial charge in [0.25, 0.3) is 0 Å². The van der Waals surface area contributed by atoms with Crippen LogP contribution in [0.4, 0.5) is 8.78 Å². The van der Waals surface area contributed by atoms with E-state index in [1.54, 1.807) is 12.4 Å². The highest BCUT2D eigenvalue weighted by molar-refractivity contribution is 5.54. The quantitative estimate of drug-likeness (QED) is 0.795. The Bertz CT molecular complexity index is 495. The Morgan fingerprint density at radius 1 is 1.06 bits per heavy atom. The minimum absolute atomic E-state index is 0. The fourth-order valence-electron chi connectivity index (χ4n) is 1.32. The molecule has 2 nitrogen and oxygen atoms in total. The fraction of sp³-hybridized carbons (Fsp3) is 0.231. The number of nitrogens with zero attached hydrogens (tertiary/aromatic N) is 2. The molecule has 0 spiro atoms. The number of aryl methyl sites for hydroxylation is 1. The number of rotatable bonds is 2. The van der Waals surface area contributed by atoms with Gasteiger partial charge >= 0.3 is 0 Å². The normalized spacial score (nSPS) is 9.82. The third-order valence-corrected chi connectivity index (χ3v) is 2.29. The molecule has 0 unspecified atom stereocenters. The third-order valence-electron chi connectivity index (χ3n) is 2.29. The largest absolute Gasteiger partial charge is 0.236 e. The Kier molecular flexibility index (Phi) is 4.26. The standard InChI is InChI=1S/C12H10F2N2.CH4/c1-2-8-6-15-12(16-7-8)9-3-4-10(13)11(14)5-9;/h3-7H,2H2,1H3;1H4. The van der Waals surface area contributed by atoms with E-state index < -0.39 is 11.6 Å². The summed E-state index contributed by atoms with van der Waals surface area (Å²) in [6.45, 7) is 2.00. The van der Waals surface area contributed by atoms with Gasteiger partial charge in [0.15, 0.2) is 17.5 Å². The maximum Gasteiger partial charge on any atom is 0.159 e. The zero-order valence-corrected chi connectivity index (χ0v) is 8.74. The molecule has 0 saturated heterocycles. The molecule has 4 heteroatoms. The summed E-state index contributed by atoms with van der Waals surface area (Å²) < 4.78 is 25.7. The molecule has 2 rings (SSSR count). The summed E-state index contributed by atoms with van der Waals surface area (Å²) in [5.74, 6) is -1.36. The lowest BCUT2D eigenvalue weighted by molar-refractivity contribution is 0.509. The van der Waals surface area contributed by atoms with E-state index in [1.807, 2.05) is 6.92 Å². The summed E-state index contributed by atoms with van der Waals surface area (Å²) in [4.78, 5) is 8.18. The van der Waals surface area contributed by atoms with E-state index in [9.17, 15) is 8.78 Å². The maximum absolute atomic E-state index is 13.0. The first kappa shape index (κ1) is 13.2. The van der Waals surface area contributed by atoms with Crippen LogP contribution < -0.4 is 0 Å². The number of benzene rings is 1. The van der Waals surface area contributed by atoms with Gasteiger partial charge in [0.2, 0.25) is 0 Å². The van der Waals surface area contributed by atoms with Gasteiger partial charge in [-0.1, -0.05) is 14.4 Å². The molecule has 0 fully saturated rings. The van der Waals surface area contributed by atoms with Crippen LogP contribution in [0.2, 0.25) is 0 Å². The minimum atomic E-state index is -0.888. The van der Waals surface area contributed by atoms with Gasteiger partial charge in [0, 0.05) is 18.0 Å². The average molecular weight is 236 g/mol. The summed E-state index contributed by atoms with van der Waals surface area (Å²) in [6.07, 6.45) is 4.21. The van der Waals surface area contributed by atoms with Gasteiger partial charge in [-0.25, -0.2) is 18.7 Å². The topological polar surface area (TPSA) is 25.8 Å². The van der Waals surface area contributed by atoms with E-state index in [1.165, 1.54) is 6.07 Å². The van der Waals surface area contributed by atoms with Gasteiger partial charge in [-0.15, -0.1) is 0 Å². The van der Waals surface area contributed by atoms with Crippen molar-refractivity contribution in [3.8, 4) is 11.4 Å². The average Bonchev–Trinajstić information content (AvgIpc) is 2.33. The Morgan fingerprint density at radius 2 is 1.71 bits per heavy atom. The molecule has 1 heterocycles. The van der Waals surface area contributed by atoms with E-state index in [-0.39, 0.29) is 7.43 Å². The van der Waals surface area contributed by atoms with E-state index in [4.69, 9.17) is 0 Å². The van der Waals surface area contributed by atoms with Gasteiger partial charge in [0.1, 0.15) is 0 Å². The van der Waals surface area contributed by atoms with Gasteiger partial charge in [0.05, 0.1) is 0 Å². The van der Waals surface area contributed by atoms with Crippen molar-refractivity contribution in [1.29, 1.82) is 0 Å². The number of aromatic nitrogens is 2. The smallest absolute Gasteiger partial charge is 0.159 e. The van der Waals surface area contributed by atoms with Crippen LogP contribution in [-0.2, 0) is 6.42 Å². The van der Waals surface area contributed by atoms with Crippen LogP contribution in [0.5, 0.6) is 0 Å². The minimum Gasteiger partial charge on any atom is -0.236 e. The van der Waals surface area contributed by atoms with Crippen molar-refractivity contribution < 1.29 is 8.78 Å². The molecular weight excluding hydrogens is 222 g/mol. The van der Waals surface area contributed by atoms with Gasteiger partial charge in [-0.05, 0) is 30.2 Å². The molecule has 90 valence electrons. The first-order valence-electron chi connectivity index (χ1n) is 4.97. The monoisotopic (exact) mass is 236 g/mol. The van der Waals surface area contributed by atoms with E-state index >= 15 is 0 Å². The molecule has 0 radical (unpaired) electrons. The molecule has 0 bridgehead atoms. The zero-order chi connectivity index (χ0) is 11.5. The summed E-state index contributed by atoms with van der Waals surface area (Å²) in [6, 6.07) is 3.62. The maximum atomic E-state index is 13.0. The highest BCUT2D eigenvalue weighted by Gasteiger charge is 2.06. The Morgan fingerprint density at radius 3 is 2.24 bits per heavy atom. The summed E-state index contributed by atoms with van der Waals surface area (Å²) in [5.41, 5.74) is 1.48. The number of hydrogen-bond donors (Lipinski definition) is 0. The molecule has 0 aliphatic rings. The Hall–Kier alpha value is -1.84. The second kappa shape index (κ2) is 5.48. The van der Waals surface area contributed by atoms with Gasteiger partial charge in [-0.3, -0.25) is 0 Å². The summed E-state index contributed by atoms with van der Waals surface area (Å²) in [7, 11) is 0. The van der Waals surface area contributed by atoms with Crippen LogP contribution in [0.1, 0.15) is 19.9 Å². The summed E-state index contributed by atoms with van der Waals surface area (Å²) in [5, 5.41) is 0. The Balaban J connectivity index is 0.00000144. The van der Waals surface area contributed by atoms with Crippen LogP contribution in [0, 0.1) is 11.6 Å². The third kappa shape index (κ3) is 2.84. The van der Waals surface area contributed by atoms with Crippen molar-refractivity contribution in [1.82, 2.24) is 9.97 Å². The molecule has 0 aliphatic carbocycles. The highest BCUT2D eigenvalue weighted by Crippen LogP contribution is 2.17. The van der Waals surface area contributed by atoms with Crippen molar-refractivity contribution >= 4 is 0 Å². The van der Waals surface area contributed by atoms with E-state index in [0.717, 1.165) is 24.1 Å². The van der Waals surface area contributed by atoms with Gasteiger partial charge in [-0.2, -0.15) is 0 Å². The van der Waals surface area contributed by atoms with E-state index in [0.29, 0.717) is 11.4 Å². The molecule has 17 heavy (non-hydrogen) atoms. The van der Waals surface area contributed by atoms with Crippen LogP contribution in [-0.4, -0.2) is 9.97 Å². The van der Waals surface area contributed by atoms with Crippen LogP contribution in [0.25, 0.3) is 11.4 Å². The lowest BCUT2D eigenvalue weighted by Crippen LogP contribution is -1.93. The molecule has 0 N–H and O–H groups in total. The lowest BCUT2D eigenvalue weighted by Gasteiger charge is -2.01. The molecule has 1 aromatic heterocycles. The predicted molar refractivity (Wildman–Crippen MR) is 63.5 cm³/mol. The number of hydrogen-bond acceptors (Lipinski definition) is 2.